The van der Waals surface area contributed by atoms with Crippen molar-refractivity contribution < 1.29 is 4.74 Å². The van der Waals surface area contributed by atoms with Crippen molar-refractivity contribution in [1.29, 1.82) is 0 Å². The van der Waals surface area contributed by atoms with Crippen LogP contribution in [0.2, 0.25) is 0 Å². The lowest BCUT2D eigenvalue weighted by Crippen LogP contribution is -2.19. The van der Waals surface area contributed by atoms with Crippen molar-refractivity contribution in [2.45, 2.75) is 26.8 Å². The third-order valence-electron chi connectivity index (χ3n) is 2.89. The highest BCUT2D eigenvalue weighted by atomic mass is 79.9. The van der Waals surface area contributed by atoms with Gasteiger partial charge in [0.25, 0.3) is 0 Å². The topological polar surface area (TPSA) is 24.5 Å². The summed E-state index contributed by atoms with van der Waals surface area (Å²) in [4.78, 5) is 2.17. The molecule has 0 aliphatic rings. The Hall–Kier alpha value is -0.580. The van der Waals surface area contributed by atoms with Gasteiger partial charge in [-0.2, -0.15) is 0 Å². The molecule has 4 heteroatoms. The molecule has 20 heavy (non-hydrogen) atoms. The minimum absolute atomic E-state index is 0.678. The van der Waals surface area contributed by atoms with Crippen molar-refractivity contribution in [2.24, 2.45) is 5.92 Å². The first-order chi connectivity index (χ1) is 9.49. The van der Waals surface area contributed by atoms with Gasteiger partial charge in [0.2, 0.25) is 0 Å². The van der Waals surface area contributed by atoms with Crippen LogP contribution in [0.4, 0.5) is 0 Å². The van der Waals surface area contributed by atoms with Gasteiger partial charge in [-0.15, -0.1) is 0 Å². The molecule has 0 fully saturated rings. The third kappa shape index (κ3) is 7.27. The van der Waals surface area contributed by atoms with Crippen LogP contribution in [0.15, 0.2) is 22.7 Å². The third-order valence-corrected chi connectivity index (χ3v) is 3.50. The Morgan fingerprint density at radius 1 is 1.30 bits per heavy atom. The Balaban J connectivity index is 2.39. The maximum absolute atomic E-state index is 5.79. The molecular weight excluding hydrogens is 316 g/mol. The summed E-state index contributed by atoms with van der Waals surface area (Å²) in [6, 6.07) is 6.31. The van der Waals surface area contributed by atoms with Crippen LogP contribution in [0.5, 0.6) is 5.75 Å². The van der Waals surface area contributed by atoms with E-state index in [1.807, 2.05) is 6.07 Å². The summed E-state index contributed by atoms with van der Waals surface area (Å²) in [6.45, 7) is 8.18. The number of benzene rings is 1. The molecule has 3 nitrogen and oxygen atoms in total. The molecule has 1 aromatic rings. The molecule has 0 saturated heterocycles. The normalized spacial score (nSPS) is 11.3. The van der Waals surface area contributed by atoms with Crippen molar-refractivity contribution in [2.75, 3.05) is 33.8 Å². The lowest BCUT2D eigenvalue weighted by molar-refractivity contribution is 0.280. The van der Waals surface area contributed by atoms with Crippen LogP contribution in [0.3, 0.4) is 0 Å². The van der Waals surface area contributed by atoms with Crippen molar-refractivity contribution >= 4 is 15.9 Å². The van der Waals surface area contributed by atoms with Gasteiger partial charge in [0.1, 0.15) is 5.75 Å². The number of hydrogen-bond donors (Lipinski definition) is 1. The van der Waals surface area contributed by atoms with Gasteiger partial charge in [-0.05, 0) is 66.6 Å². The molecule has 0 heterocycles. The van der Waals surface area contributed by atoms with E-state index in [4.69, 9.17) is 4.74 Å². The zero-order valence-corrected chi connectivity index (χ0v) is 14.7. The zero-order chi connectivity index (χ0) is 15.0. The molecule has 0 amide bonds. The molecule has 0 aliphatic heterocycles. The number of rotatable bonds is 9. The van der Waals surface area contributed by atoms with Gasteiger partial charge in [0.15, 0.2) is 0 Å². The standard InChI is InChI=1S/C16H27BrN2O/c1-13(2)11-18-12-14-6-7-16(15(17)10-14)20-9-5-8-19(3)4/h6-7,10,13,18H,5,8-9,11-12H2,1-4H3. The average Bonchev–Trinajstić information content (AvgIpc) is 2.36. The molecule has 1 aromatic carbocycles. The van der Waals surface area contributed by atoms with Crippen LogP contribution >= 0.6 is 15.9 Å². The lowest BCUT2D eigenvalue weighted by Gasteiger charge is -2.12. The molecule has 1 rings (SSSR count). The van der Waals surface area contributed by atoms with Crippen LogP contribution in [0.25, 0.3) is 0 Å². The second kappa shape index (κ2) is 9.37. The van der Waals surface area contributed by atoms with Crippen LogP contribution in [-0.4, -0.2) is 38.7 Å². The summed E-state index contributed by atoms with van der Waals surface area (Å²) >= 11 is 3.59. The van der Waals surface area contributed by atoms with Crippen molar-refractivity contribution in [3.63, 3.8) is 0 Å². The first kappa shape index (κ1) is 17.5. The van der Waals surface area contributed by atoms with E-state index in [2.05, 4.69) is 66.2 Å². The summed E-state index contributed by atoms with van der Waals surface area (Å²) in [5.41, 5.74) is 1.28. The molecule has 114 valence electrons. The molecule has 0 bridgehead atoms. The van der Waals surface area contributed by atoms with Gasteiger partial charge in [-0.3, -0.25) is 0 Å². The highest BCUT2D eigenvalue weighted by Crippen LogP contribution is 2.26. The Kier molecular flexibility index (Phi) is 8.19. The molecule has 1 N–H and O–H groups in total. The molecule has 0 aliphatic carbocycles. The largest absolute Gasteiger partial charge is 0.492 e. The minimum atomic E-state index is 0.678. The molecule has 0 atom stereocenters. The molecular formula is C16H27BrN2O. The fraction of sp³-hybridized carbons (Fsp3) is 0.625. The minimum Gasteiger partial charge on any atom is -0.492 e. The first-order valence-electron chi connectivity index (χ1n) is 7.25. The SMILES string of the molecule is CC(C)CNCc1ccc(OCCCN(C)C)c(Br)c1. The summed E-state index contributed by atoms with van der Waals surface area (Å²) in [5, 5.41) is 3.45. The number of hydrogen-bond acceptors (Lipinski definition) is 3. The number of ether oxygens (including phenoxy) is 1. The van der Waals surface area contributed by atoms with E-state index in [9.17, 15) is 0 Å². The van der Waals surface area contributed by atoms with Crippen LogP contribution < -0.4 is 10.1 Å². The van der Waals surface area contributed by atoms with Crippen LogP contribution in [0.1, 0.15) is 25.8 Å². The Morgan fingerprint density at radius 2 is 2.05 bits per heavy atom. The number of nitrogens with one attached hydrogen (secondary N) is 1. The predicted octanol–water partition coefficient (Wildman–Crippen LogP) is 3.53. The van der Waals surface area contributed by atoms with E-state index in [0.717, 1.165) is 42.9 Å². The Bertz CT molecular complexity index is 394. The molecule has 0 aromatic heterocycles. The quantitative estimate of drug-likeness (QED) is 0.695. The average molecular weight is 343 g/mol. The summed E-state index contributed by atoms with van der Waals surface area (Å²) in [6.07, 6.45) is 1.04. The monoisotopic (exact) mass is 342 g/mol. The first-order valence-corrected chi connectivity index (χ1v) is 8.05. The van der Waals surface area contributed by atoms with E-state index >= 15 is 0 Å². The van der Waals surface area contributed by atoms with Crippen molar-refractivity contribution in [1.82, 2.24) is 10.2 Å². The number of halogens is 1. The Labute approximate surface area is 131 Å². The second-order valence-corrected chi connectivity index (χ2v) is 6.65. The highest BCUT2D eigenvalue weighted by molar-refractivity contribution is 9.10. The van der Waals surface area contributed by atoms with Crippen molar-refractivity contribution in [3.05, 3.63) is 28.2 Å². The van der Waals surface area contributed by atoms with Crippen LogP contribution in [0, 0.1) is 5.92 Å². The Morgan fingerprint density at radius 3 is 2.65 bits per heavy atom. The van der Waals surface area contributed by atoms with E-state index in [-0.39, 0.29) is 0 Å². The lowest BCUT2D eigenvalue weighted by atomic mass is 10.2. The van der Waals surface area contributed by atoms with E-state index in [0.29, 0.717) is 5.92 Å². The van der Waals surface area contributed by atoms with E-state index in [1.54, 1.807) is 0 Å². The van der Waals surface area contributed by atoms with Gasteiger partial charge < -0.3 is 15.0 Å². The molecule has 0 spiro atoms. The molecule has 0 radical (unpaired) electrons. The molecule has 0 unspecified atom stereocenters. The van der Waals surface area contributed by atoms with Crippen molar-refractivity contribution in [3.8, 4) is 5.75 Å². The van der Waals surface area contributed by atoms with Gasteiger partial charge in [0, 0.05) is 13.1 Å². The summed E-state index contributed by atoms with van der Waals surface area (Å²) in [5.74, 6) is 1.61. The molecule has 0 saturated carbocycles. The van der Waals surface area contributed by atoms with E-state index in [1.165, 1.54) is 5.56 Å². The fourth-order valence-corrected chi connectivity index (χ4v) is 2.38. The maximum atomic E-state index is 5.79. The maximum Gasteiger partial charge on any atom is 0.133 e. The van der Waals surface area contributed by atoms with Crippen LogP contribution in [-0.2, 0) is 6.54 Å². The predicted molar refractivity (Wildman–Crippen MR) is 89.4 cm³/mol. The highest BCUT2D eigenvalue weighted by Gasteiger charge is 2.03. The fourth-order valence-electron chi connectivity index (χ4n) is 1.84. The second-order valence-electron chi connectivity index (χ2n) is 5.79. The number of nitrogens with zero attached hydrogens (tertiary/aromatic N) is 1. The summed E-state index contributed by atoms with van der Waals surface area (Å²) in [7, 11) is 4.16. The summed E-state index contributed by atoms with van der Waals surface area (Å²) < 4.78 is 6.82. The van der Waals surface area contributed by atoms with Gasteiger partial charge >= 0.3 is 0 Å². The zero-order valence-electron chi connectivity index (χ0n) is 13.1. The smallest absolute Gasteiger partial charge is 0.133 e. The van der Waals surface area contributed by atoms with Gasteiger partial charge in [0.05, 0.1) is 11.1 Å². The van der Waals surface area contributed by atoms with E-state index < -0.39 is 0 Å². The van der Waals surface area contributed by atoms with Gasteiger partial charge in [-0.25, -0.2) is 0 Å². The van der Waals surface area contributed by atoms with Gasteiger partial charge in [-0.1, -0.05) is 19.9 Å².